The van der Waals surface area contributed by atoms with E-state index in [0.29, 0.717) is 5.75 Å². The summed E-state index contributed by atoms with van der Waals surface area (Å²) in [7, 11) is 0. The van der Waals surface area contributed by atoms with E-state index in [1.54, 1.807) is 0 Å². The molecule has 2 aromatic carbocycles. The van der Waals surface area contributed by atoms with Crippen molar-refractivity contribution in [3.8, 4) is 17.0 Å². The van der Waals surface area contributed by atoms with E-state index in [-0.39, 0.29) is 11.3 Å². The summed E-state index contributed by atoms with van der Waals surface area (Å²) in [5.74, 6) is 0.282. The summed E-state index contributed by atoms with van der Waals surface area (Å²) in [4.78, 5) is 14.8. The number of phenolic OH excluding ortho intramolecular Hbond substituents is 1. The van der Waals surface area contributed by atoms with Crippen molar-refractivity contribution in [1.29, 1.82) is 0 Å². The Balaban J connectivity index is 2.18. The maximum absolute atomic E-state index is 11.3. The van der Waals surface area contributed by atoms with Crippen molar-refractivity contribution in [2.45, 2.75) is 47.0 Å². The fraction of sp³-hybridized carbons (Fsp3) is 0.318. The lowest BCUT2D eigenvalue weighted by atomic mass is 9.83. The zero-order valence-electron chi connectivity index (χ0n) is 16.2. The van der Waals surface area contributed by atoms with Gasteiger partial charge in [0.05, 0.1) is 0 Å². The Labute approximate surface area is 154 Å². The highest BCUT2D eigenvalue weighted by molar-refractivity contribution is 5.96. The van der Waals surface area contributed by atoms with Gasteiger partial charge in [0.2, 0.25) is 5.91 Å². The average Bonchev–Trinajstić information content (AvgIpc) is 2.85. The second-order valence-corrected chi connectivity index (χ2v) is 8.01. The molecule has 3 rings (SSSR count). The Morgan fingerprint density at radius 1 is 1.12 bits per heavy atom. The molecule has 0 atom stereocenters. The minimum absolute atomic E-state index is 0.0817. The number of aromatic nitrogens is 1. The number of fused-ring (bicyclic) bond motifs is 1. The molecular weight excluding hydrogens is 324 g/mol. The molecular formula is C22H26N2O2. The van der Waals surface area contributed by atoms with Gasteiger partial charge < -0.3 is 15.4 Å². The highest BCUT2D eigenvalue weighted by Gasteiger charge is 2.21. The highest BCUT2D eigenvalue weighted by atomic mass is 16.3. The number of benzene rings is 2. The van der Waals surface area contributed by atoms with Gasteiger partial charge in [-0.2, -0.15) is 0 Å². The number of phenols is 1. The minimum Gasteiger partial charge on any atom is -0.507 e. The molecule has 0 fully saturated rings. The molecule has 1 heterocycles. The molecule has 1 amide bonds. The molecule has 3 aromatic rings. The van der Waals surface area contributed by atoms with Gasteiger partial charge in [-0.05, 0) is 66.3 Å². The lowest BCUT2D eigenvalue weighted by Crippen LogP contribution is -2.12. The molecule has 0 aliphatic heterocycles. The van der Waals surface area contributed by atoms with Gasteiger partial charge >= 0.3 is 0 Å². The van der Waals surface area contributed by atoms with Crippen molar-refractivity contribution in [3.63, 3.8) is 0 Å². The number of rotatable bonds is 2. The Morgan fingerprint density at radius 2 is 1.81 bits per heavy atom. The molecule has 4 nitrogen and oxygen atoms in total. The third-order valence-corrected chi connectivity index (χ3v) is 4.78. The first-order valence-corrected chi connectivity index (χ1v) is 8.82. The van der Waals surface area contributed by atoms with Gasteiger partial charge in [0.25, 0.3) is 0 Å². The second kappa shape index (κ2) is 6.20. The van der Waals surface area contributed by atoms with E-state index in [2.05, 4.69) is 44.1 Å². The maximum Gasteiger partial charge on any atom is 0.221 e. The van der Waals surface area contributed by atoms with Crippen LogP contribution in [0, 0.1) is 13.8 Å². The van der Waals surface area contributed by atoms with E-state index < -0.39 is 0 Å². The quantitative estimate of drug-likeness (QED) is 0.578. The van der Waals surface area contributed by atoms with Crippen LogP contribution in [0.3, 0.4) is 0 Å². The summed E-state index contributed by atoms with van der Waals surface area (Å²) >= 11 is 0. The largest absolute Gasteiger partial charge is 0.507 e. The number of carbonyl (C=O) groups is 1. The lowest BCUT2D eigenvalue weighted by molar-refractivity contribution is -0.114. The van der Waals surface area contributed by atoms with Crippen molar-refractivity contribution in [1.82, 2.24) is 4.98 Å². The molecule has 0 saturated carbocycles. The second-order valence-electron chi connectivity index (χ2n) is 8.01. The highest BCUT2D eigenvalue weighted by Crippen LogP contribution is 2.39. The van der Waals surface area contributed by atoms with Gasteiger partial charge in [-0.15, -0.1) is 0 Å². The summed E-state index contributed by atoms with van der Waals surface area (Å²) in [5.41, 5.74) is 6.67. The molecule has 136 valence electrons. The van der Waals surface area contributed by atoms with Crippen LogP contribution in [0.25, 0.3) is 22.2 Å². The van der Waals surface area contributed by atoms with Crippen LogP contribution in [-0.4, -0.2) is 16.0 Å². The molecule has 0 bridgehead atoms. The zero-order valence-corrected chi connectivity index (χ0v) is 16.2. The summed E-state index contributed by atoms with van der Waals surface area (Å²) in [6.45, 7) is 11.8. The van der Waals surface area contributed by atoms with Crippen molar-refractivity contribution in [2.75, 3.05) is 5.32 Å². The van der Waals surface area contributed by atoms with E-state index in [9.17, 15) is 9.90 Å². The topological polar surface area (TPSA) is 65.1 Å². The normalized spacial score (nSPS) is 11.8. The van der Waals surface area contributed by atoms with Crippen LogP contribution in [0.5, 0.6) is 5.75 Å². The average molecular weight is 350 g/mol. The Kier molecular flexibility index (Phi) is 4.31. The predicted molar refractivity (Wildman–Crippen MR) is 108 cm³/mol. The van der Waals surface area contributed by atoms with Crippen LogP contribution in [-0.2, 0) is 10.2 Å². The fourth-order valence-corrected chi connectivity index (χ4v) is 3.39. The molecule has 4 heteroatoms. The molecule has 0 saturated heterocycles. The predicted octanol–water partition coefficient (Wildman–Crippen LogP) is 5.41. The molecule has 0 aliphatic rings. The van der Waals surface area contributed by atoms with E-state index in [1.807, 2.05) is 31.2 Å². The van der Waals surface area contributed by atoms with Gasteiger partial charge in [0, 0.05) is 34.8 Å². The van der Waals surface area contributed by atoms with Gasteiger partial charge in [0.1, 0.15) is 5.75 Å². The standard InChI is InChI=1S/C22H26N2O2/c1-12-9-15(10-18(21(12)26)22(4,5)6)20-13(2)17-11-16(23-14(3)25)7-8-19(17)24-20/h7-11,24,26H,1-6H3,(H,23,25). The fourth-order valence-electron chi connectivity index (χ4n) is 3.39. The Morgan fingerprint density at radius 3 is 2.42 bits per heavy atom. The number of carbonyl (C=O) groups excluding carboxylic acids is 1. The zero-order chi connectivity index (χ0) is 19.2. The Hall–Kier alpha value is -2.75. The third-order valence-electron chi connectivity index (χ3n) is 4.78. The number of hydrogen-bond acceptors (Lipinski definition) is 2. The number of aromatic amines is 1. The van der Waals surface area contributed by atoms with Crippen molar-refractivity contribution >= 4 is 22.5 Å². The first-order chi connectivity index (χ1) is 12.1. The first kappa shape index (κ1) is 18.1. The van der Waals surface area contributed by atoms with Gasteiger partial charge in [0.15, 0.2) is 0 Å². The van der Waals surface area contributed by atoms with Gasteiger partial charge in [-0.3, -0.25) is 4.79 Å². The monoisotopic (exact) mass is 350 g/mol. The van der Waals surface area contributed by atoms with Crippen molar-refractivity contribution in [3.05, 3.63) is 47.0 Å². The molecule has 26 heavy (non-hydrogen) atoms. The third kappa shape index (κ3) is 3.19. The van der Waals surface area contributed by atoms with Gasteiger partial charge in [-0.25, -0.2) is 0 Å². The molecule has 0 radical (unpaired) electrons. The number of amides is 1. The van der Waals surface area contributed by atoms with Crippen molar-refractivity contribution in [2.24, 2.45) is 0 Å². The van der Waals surface area contributed by atoms with Crippen LogP contribution in [0.1, 0.15) is 44.4 Å². The number of aromatic hydroxyl groups is 1. The first-order valence-electron chi connectivity index (χ1n) is 8.82. The minimum atomic E-state index is -0.149. The summed E-state index contributed by atoms with van der Waals surface area (Å²) in [6, 6.07) is 9.94. The van der Waals surface area contributed by atoms with Gasteiger partial charge in [-0.1, -0.05) is 20.8 Å². The van der Waals surface area contributed by atoms with Crippen LogP contribution < -0.4 is 5.32 Å². The number of hydrogen-bond donors (Lipinski definition) is 3. The maximum atomic E-state index is 11.3. The van der Waals surface area contributed by atoms with Crippen LogP contribution in [0.4, 0.5) is 5.69 Å². The molecule has 1 aromatic heterocycles. The smallest absolute Gasteiger partial charge is 0.221 e. The van der Waals surface area contributed by atoms with Crippen LogP contribution in [0.15, 0.2) is 30.3 Å². The summed E-state index contributed by atoms with van der Waals surface area (Å²) in [5, 5.41) is 14.4. The number of nitrogens with one attached hydrogen (secondary N) is 2. The van der Waals surface area contributed by atoms with E-state index in [1.165, 1.54) is 6.92 Å². The summed E-state index contributed by atoms with van der Waals surface area (Å²) < 4.78 is 0. The Bertz CT molecular complexity index is 1010. The van der Waals surface area contributed by atoms with E-state index in [0.717, 1.165) is 44.5 Å². The summed E-state index contributed by atoms with van der Waals surface area (Å²) in [6.07, 6.45) is 0. The van der Waals surface area contributed by atoms with Crippen LogP contribution >= 0.6 is 0 Å². The molecule has 0 aliphatic carbocycles. The SMILES string of the molecule is CC(=O)Nc1ccc2[nH]c(-c3cc(C)c(O)c(C(C)(C)C)c3)c(C)c2c1. The van der Waals surface area contributed by atoms with E-state index >= 15 is 0 Å². The molecule has 0 spiro atoms. The lowest BCUT2D eigenvalue weighted by Gasteiger charge is -2.22. The molecule has 0 unspecified atom stereocenters. The van der Waals surface area contributed by atoms with Crippen molar-refractivity contribution < 1.29 is 9.90 Å². The number of aryl methyl sites for hydroxylation is 2. The molecule has 3 N–H and O–H groups in total. The van der Waals surface area contributed by atoms with Crippen LogP contribution in [0.2, 0.25) is 0 Å². The number of H-pyrrole nitrogens is 1. The number of anilines is 1. The van der Waals surface area contributed by atoms with E-state index in [4.69, 9.17) is 0 Å².